The number of nitrogens with zero attached hydrogens (tertiary/aromatic N) is 1. The summed E-state index contributed by atoms with van der Waals surface area (Å²) in [7, 11) is 2.21. The van der Waals surface area contributed by atoms with Crippen LogP contribution < -0.4 is 0 Å². The minimum atomic E-state index is -1.08. The van der Waals surface area contributed by atoms with Crippen LogP contribution in [0.4, 0.5) is 0 Å². The average molecular weight is 412 g/mol. The van der Waals surface area contributed by atoms with E-state index in [1.54, 1.807) is 0 Å². The van der Waals surface area contributed by atoms with Gasteiger partial charge in [0.1, 0.15) is 23.6 Å². The summed E-state index contributed by atoms with van der Waals surface area (Å²) in [5, 5.41) is 23.3. The Morgan fingerprint density at radius 1 is 1.24 bits per heavy atom. The fraction of sp³-hybridized carbons (Fsp3) is 0.500. The molecule has 6 atom stereocenters. The van der Waals surface area contributed by atoms with Gasteiger partial charge in [0.2, 0.25) is 0 Å². The third kappa shape index (κ3) is 2.32. The summed E-state index contributed by atoms with van der Waals surface area (Å²) in [6.45, 7) is 0.987. The van der Waals surface area contributed by atoms with Crippen LogP contribution in [0.15, 0.2) is 59.4 Å². The largest absolute Gasteiger partial charge is 0.487 e. The van der Waals surface area contributed by atoms with Gasteiger partial charge >= 0.3 is 0 Å². The van der Waals surface area contributed by atoms with Crippen molar-refractivity contribution in [2.24, 2.45) is 11.3 Å². The molecule has 0 radical (unpaired) electrons. The topological polar surface area (TPSA) is 52.9 Å². The molecular formula is C24H26ClNO3. The summed E-state index contributed by atoms with van der Waals surface area (Å²) < 4.78 is 6.53. The van der Waals surface area contributed by atoms with Crippen molar-refractivity contribution in [2.45, 2.75) is 49.5 Å². The maximum atomic E-state index is 11.8. The Kier molecular flexibility index (Phi) is 3.75. The third-order valence-electron chi connectivity index (χ3n) is 7.99. The van der Waals surface area contributed by atoms with Crippen LogP contribution in [0, 0.1) is 11.3 Å². The molecule has 2 fully saturated rings. The zero-order chi connectivity index (χ0) is 20.0. The Bertz CT molecular complexity index is 967. The summed E-state index contributed by atoms with van der Waals surface area (Å²) in [5.74, 6) is 1.03. The lowest BCUT2D eigenvalue weighted by Gasteiger charge is -2.58. The molecule has 6 rings (SSSR count). The van der Waals surface area contributed by atoms with Crippen molar-refractivity contribution in [3.05, 3.63) is 70.0 Å². The number of benzene rings is 1. The van der Waals surface area contributed by atoms with Crippen LogP contribution in [0.3, 0.4) is 0 Å². The van der Waals surface area contributed by atoms with E-state index in [1.165, 1.54) is 11.1 Å². The van der Waals surface area contributed by atoms with Crippen LogP contribution in [0.2, 0.25) is 5.02 Å². The molecule has 4 nitrogen and oxygen atoms in total. The van der Waals surface area contributed by atoms with Gasteiger partial charge < -0.3 is 19.8 Å². The second kappa shape index (κ2) is 5.98. The lowest BCUT2D eigenvalue weighted by atomic mass is 9.51. The van der Waals surface area contributed by atoms with Gasteiger partial charge in [0.25, 0.3) is 0 Å². The molecule has 2 heterocycles. The lowest BCUT2D eigenvalue weighted by molar-refractivity contribution is -0.102. The van der Waals surface area contributed by atoms with Gasteiger partial charge in [-0.2, -0.15) is 0 Å². The highest BCUT2D eigenvalue weighted by atomic mass is 35.5. The molecule has 1 saturated carbocycles. The predicted molar refractivity (Wildman–Crippen MR) is 111 cm³/mol. The van der Waals surface area contributed by atoms with Gasteiger partial charge in [0.05, 0.1) is 0 Å². The Balaban J connectivity index is 1.48. The second-order valence-corrected chi connectivity index (χ2v) is 9.89. The van der Waals surface area contributed by atoms with Crippen molar-refractivity contribution in [3.8, 4) is 0 Å². The van der Waals surface area contributed by atoms with Crippen LogP contribution in [0.1, 0.15) is 24.8 Å². The summed E-state index contributed by atoms with van der Waals surface area (Å²) in [4.78, 5) is 2.46. The highest BCUT2D eigenvalue weighted by molar-refractivity contribution is 6.30. The first-order chi connectivity index (χ1) is 13.9. The summed E-state index contributed by atoms with van der Waals surface area (Å²) >= 11 is 6.04. The number of aliphatic hydroxyl groups is 2. The average Bonchev–Trinajstić information content (AvgIpc) is 3.06. The molecule has 1 spiro atoms. The molecule has 1 aromatic carbocycles. The van der Waals surface area contributed by atoms with Crippen molar-refractivity contribution in [1.82, 2.24) is 4.90 Å². The van der Waals surface area contributed by atoms with Gasteiger partial charge in [-0.1, -0.05) is 42.0 Å². The highest BCUT2D eigenvalue weighted by Gasteiger charge is 2.67. The van der Waals surface area contributed by atoms with E-state index in [4.69, 9.17) is 16.3 Å². The molecule has 1 saturated heterocycles. The number of likely N-dealkylation sites (tertiary alicyclic amines) is 1. The number of halogens is 1. The standard InChI is InChI=1S/C24H26ClNO3/c1-26-11-10-24-17-6-7-19(27)21(24)29-22-20(24)15(12-18(17)26)8-9-23(22,28)13-14-2-4-16(25)5-3-14/h2-8,17-19,21,27-28H,9-13H2,1H3/t17-,18+,19-,21-,23?,24-/m0/s1. The van der Waals surface area contributed by atoms with E-state index in [9.17, 15) is 10.2 Å². The molecule has 3 aliphatic carbocycles. The van der Waals surface area contributed by atoms with Crippen LogP contribution >= 0.6 is 11.6 Å². The van der Waals surface area contributed by atoms with Crippen LogP contribution in [-0.2, 0) is 11.2 Å². The van der Waals surface area contributed by atoms with Crippen molar-refractivity contribution >= 4 is 11.6 Å². The fourth-order valence-electron chi connectivity index (χ4n) is 6.65. The molecule has 2 N–H and O–H groups in total. The minimum absolute atomic E-state index is 0.223. The molecule has 1 aromatic rings. The van der Waals surface area contributed by atoms with Gasteiger partial charge in [-0.3, -0.25) is 0 Å². The number of rotatable bonds is 2. The number of ether oxygens (including phenoxy) is 1. The number of piperidine rings is 1. The number of hydrogen-bond acceptors (Lipinski definition) is 4. The zero-order valence-corrected chi connectivity index (χ0v) is 17.3. The van der Waals surface area contributed by atoms with Gasteiger partial charge in [-0.05, 0) is 49.7 Å². The Morgan fingerprint density at radius 2 is 2.03 bits per heavy atom. The highest BCUT2D eigenvalue weighted by Crippen LogP contribution is 2.66. The molecule has 1 unspecified atom stereocenters. The van der Waals surface area contributed by atoms with Crippen LogP contribution in [0.25, 0.3) is 0 Å². The molecule has 2 bridgehead atoms. The molecule has 152 valence electrons. The first-order valence-electron chi connectivity index (χ1n) is 10.6. The summed E-state index contributed by atoms with van der Waals surface area (Å²) in [5.41, 5.74) is 2.24. The summed E-state index contributed by atoms with van der Waals surface area (Å²) in [6, 6.07) is 8.09. The molecular weight excluding hydrogens is 386 g/mol. The number of hydrogen-bond donors (Lipinski definition) is 2. The first kappa shape index (κ1) is 18.2. The smallest absolute Gasteiger partial charge is 0.138 e. The molecule has 0 aromatic heterocycles. The Morgan fingerprint density at radius 3 is 2.83 bits per heavy atom. The zero-order valence-electron chi connectivity index (χ0n) is 16.5. The lowest BCUT2D eigenvalue weighted by Crippen LogP contribution is -2.62. The van der Waals surface area contributed by atoms with Gasteiger partial charge in [0, 0.05) is 40.8 Å². The SMILES string of the molecule is CN1CC[C@]23C4=C5O[C@H]2[C@@H](O)C=C[C@H]3[C@H]1CC4=CCC5(O)Cc1ccc(Cl)cc1. The van der Waals surface area contributed by atoms with E-state index in [2.05, 4.69) is 24.1 Å². The Hall–Kier alpha value is -1.59. The molecule has 29 heavy (non-hydrogen) atoms. The van der Waals surface area contributed by atoms with Crippen LogP contribution in [-0.4, -0.2) is 52.6 Å². The van der Waals surface area contributed by atoms with Gasteiger partial charge in [0.15, 0.2) is 0 Å². The molecule has 5 heteroatoms. The predicted octanol–water partition coefficient (Wildman–Crippen LogP) is 3.24. The number of aliphatic hydroxyl groups excluding tert-OH is 1. The molecule has 2 aliphatic heterocycles. The minimum Gasteiger partial charge on any atom is -0.487 e. The van der Waals surface area contributed by atoms with Crippen molar-refractivity contribution in [2.75, 3.05) is 13.6 Å². The van der Waals surface area contributed by atoms with Crippen molar-refractivity contribution in [1.29, 1.82) is 0 Å². The van der Waals surface area contributed by atoms with Crippen LogP contribution in [0.5, 0.6) is 0 Å². The maximum absolute atomic E-state index is 11.8. The monoisotopic (exact) mass is 411 g/mol. The van der Waals surface area contributed by atoms with E-state index in [0.29, 0.717) is 35.6 Å². The van der Waals surface area contributed by atoms with Crippen molar-refractivity contribution < 1.29 is 14.9 Å². The van der Waals surface area contributed by atoms with Crippen molar-refractivity contribution in [3.63, 3.8) is 0 Å². The molecule has 0 amide bonds. The normalized spacial score (nSPS) is 42.4. The van der Waals surface area contributed by atoms with E-state index in [0.717, 1.165) is 24.9 Å². The summed E-state index contributed by atoms with van der Waals surface area (Å²) in [6.07, 6.45) is 8.35. The van der Waals surface area contributed by atoms with E-state index in [1.807, 2.05) is 30.3 Å². The van der Waals surface area contributed by atoms with E-state index < -0.39 is 11.7 Å². The van der Waals surface area contributed by atoms with E-state index >= 15 is 0 Å². The molecule has 5 aliphatic rings. The second-order valence-electron chi connectivity index (χ2n) is 9.45. The third-order valence-corrected chi connectivity index (χ3v) is 8.25. The van der Waals surface area contributed by atoms with Gasteiger partial charge in [-0.25, -0.2) is 0 Å². The maximum Gasteiger partial charge on any atom is 0.138 e. The van der Waals surface area contributed by atoms with Gasteiger partial charge in [-0.15, -0.1) is 0 Å². The quantitative estimate of drug-likeness (QED) is 0.733. The Labute approximate surface area is 176 Å². The first-order valence-corrected chi connectivity index (χ1v) is 10.9. The fourth-order valence-corrected chi connectivity index (χ4v) is 6.77. The van der Waals surface area contributed by atoms with E-state index in [-0.39, 0.29) is 11.5 Å².